The number of hydrogen-bond donors (Lipinski definition) is 1. The second kappa shape index (κ2) is 11.4. The molecule has 4 rings (SSSR count). The van der Waals surface area contributed by atoms with Crippen molar-refractivity contribution in [1.29, 1.82) is 0 Å². The lowest BCUT2D eigenvalue weighted by Gasteiger charge is -2.26. The maximum absolute atomic E-state index is 12.9. The number of fused-ring (bicyclic) bond motifs is 1. The van der Waals surface area contributed by atoms with Crippen LogP contribution in [0.4, 0.5) is 5.13 Å². The molecule has 176 valence electrons. The van der Waals surface area contributed by atoms with Crippen molar-refractivity contribution in [3.05, 3.63) is 47.5 Å². The number of carbonyl (C=O) groups is 1. The Hall–Kier alpha value is -2.68. The molecule has 1 amide bonds. The molecule has 1 aromatic heterocycles. The van der Waals surface area contributed by atoms with E-state index < -0.39 is 0 Å². The SMILES string of the molecule is CCCCOc1ccc(C(=O)Nc2nc3ccc(CN4CCOCC4)cc3s2)cc1OCC. The predicted molar refractivity (Wildman–Crippen MR) is 132 cm³/mol. The normalized spacial score (nSPS) is 14.4. The summed E-state index contributed by atoms with van der Waals surface area (Å²) in [4.78, 5) is 19.9. The number of ether oxygens (including phenoxy) is 3. The quantitative estimate of drug-likeness (QED) is 0.423. The van der Waals surface area contributed by atoms with E-state index in [1.165, 1.54) is 16.9 Å². The lowest BCUT2D eigenvalue weighted by molar-refractivity contribution is 0.0342. The zero-order valence-electron chi connectivity index (χ0n) is 19.3. The molecule has 2 heterocycles. The average molecular weight is 470 g/mol. The van der Waals surface area contributed by atoms with E-state index in [2.05, 4.69) is 34.3 Å². The molecule has 0 aliphatic carbocycles. The molecule has 0 radical (unpaired) electrons. The number of morpholine rings is 1. The largest absolute Gasteiger partial charge is 0.490 e. The lowest BCUT2D eigenvalue weighted by Crippen LogP contribution is -2.35. The maximum Gasteiger partial charge on any atom is 0.257 e. The number of nitrogens with one attached hydrogen (secondary N) is 1. The summed E-state index contributed by atoms with van der Waals surface area (Å²) in [5.74, 6) is 1.02. The Kier molecular flexibility index (Phi) is 8.15. The first kappa shape index (κ1) is 23.5. The smallest absolute Gasteiger partial charge is 0.257 e. The van der Waals surface area contributed by atoms with Crippen LogP contribution in [0.1, 0.15) is 42.6 Å². The van der Waals surface area contributed by atoms with E-state index in [1.807, 2.05) is 13.0 Å². The number of unbranched alkanes of at least 4 members (excludes halogenated alkanes) is 1. The molecule has 1 aliphatic rings. The molecule has 8 heteroatoms. The summed E-state index contributed by atoms with van der Waals surface area (Å²) < 4.78 is 18.0. The van der Waals surface area contributed by atoms with Gasteiger partial charge < -0.3 is 14.2 Å². The third kappa shape index (κ3) is 6.22. The highest BCUT2D eigenvalue weighted by Gasteiger charge is 2.15. The molecule has 1 saturated heterocycles. The number of hydrogen-bond acceptors (Lipinski definition) is 7. The molecule has 1 N–H and O–H groups in total. The van der Waals surface area contributed by atoms with Crippen molar-refractivity contribution in [2.24, 2.45) is 0 Å². The van der Waals surface area contributed by atoms with Crippen LogP contribution < -0.4 is 14.8 Å². The second-order valence-electron chi connectivity index (χ2n) is 7.96. The topological polar surface area (TPSA) is 72.9 Å². The van der Waals surface area contributed by atoms with Gasteiger partial charge in [-0.05, 0) is 49.2 Å². The van der Waals surface area contributed by atoms with Gasteiger partial charge in [0.15, 0.2) is 16.6 Å². The third-order valence-corrected chi connectivity index (χ3v) is 6.38. The number of anilines is 1. The standard InChI is InChI=1S/C25H31N3O4S/c1-3-5-12-32-21-9-7-19(16-22(21)31-4-2)24(29)27-25-26-20-8-6-18(15-23(20)33-25)17-28-10-13-30-14-11-28/h6-9,15-16H,3-5,10-14,17H2,1-2H3,(H,26,27,29). The Morgan fingerprint density at radius 1 is 1.12 bits per heavy atom. The summed E-state index contributed by atoms with van der Waals surface area (Å²) in [7, 11) is 0. The summed E-state index contributed by atoms with van der Waals surface area (Å²) in [6.07, 6.45) is 2.03. The summed E-state index contributed by atoms with van der Waals surface area (Å²) in [6, 6.07) is 11.6. The van der Waals surface area contributed by atoms with E-state index in [0.29, 0.717) is 35.4 Å². The molecule has 7 nitrogen and oxygen atoms in total. The average Bonchev–Trinajstić information content (AvgIpc) is 3.22. The van der Waals surface area contributed by atoms with Gasteiger partial charge in [0.1, 0.15) is 0 Å². The molecule has 3 aromatic rings. The highest BCUT2D eigenvalue weighted by atomic mass is 32.1. The van der Waals surface area contributed by atoms with Crippen LogP contribution in [-0.2, 0) is 11.3 Å². The second-order valence-corrected chi connectivity index (χ2v) is 8.99. The first-order chi connectivity index (χ1) is 16.2. The molecule has 1 fully saturated rings. The van der Waals surface area contributed by atoms with Gasteiger partial charge in [-0.1, -0.05) is 30.7 Å². The maximum atomic E-state index is 12.9. The molecule has 2 aromatic carbocycles. The first-order valence-corrected chi connectivity index (χ1v) is 12.4. The van der Waals surface area contributed by atoms with Gasteiger partial charge in [-0.15, -0.1) is 0 Å². The van der Waals surface area contributed by atoms with Crippen LogP contribution in [0, 0.1) is 0 Å². The first-order valence-electron chi connectivity index (χ1n) is 11.6. The summed E-state index contributed by atoms with van der Waals surface area (Å²) in [6.45, 7) is 9.53. The van der Waals surface area contributed by atoms with Crippen molar-refractivity contribution in [3.63, 3.8) is 0 Å². The summed E-state index contributed by atoms with van der Waals surface area (Å²) >= 11 is 1.49. The third-order valence-electron chi connectivity index (χ3n) is 5.44. The minimum Gasteiger partial charge on any atom is -0.490 e. The number of amides is 1. The van der Waals surface area contributed by atoms with Crippen LogP contribution in [0.2, 0.25) is 0 Å². The molecule has 1 aliphatic heterocycles. The van der Waals surface area contributed by atoms with E-state index in [-0.39, 0.29) is 5.91 Å². The van der Waals surface area contributed by atoms with Crippen LogP contribution in [0.3, 0.4) is 0 Å². The molecule has 0 atom stereocenters. The van der Waals surface area contributed by atoms with Gasteiger partial charge in [-0.3, -0.25) is 15.0 Å². The van der Waals surface area contributed by atoms with Crippen LogP contribution in [0.5, 0.6) is 11.5 Å². The zero-order chi connectivity index (χ0) is 23.0. The molecule has 0 unspecified atom stereocenters. The van der Waals surface area contributed by atoms with Gasteiger partial charge in [0.2, 0.25) is 0 Å². The van der Waals surface area contributed by atoms with Crippen molar-refractivity contribution in [2.75, 3.05) is 44.8 Å². The Morgan fingerprint density at radius 3 is 2.76 bits per heavy atom. The van der Waals surface area contributed by atoms with E-state index in [4.69, 9.17) is 14.2 Å². The fourth-order valence-electron chi connectivity index (χ4n) is 3.67. The highest BCUT2D eigenvalue weighted by Crippen LogP contribution is 2.31. The molecule has 33 heavy (non-hydrogen) atoms. The summed E-state index contributed by atoms with van der Waals surface area (Å²) in [5.41, 5.74) is 2.63. The Morgan fingerprint density at radius 2 is 1.97 bits per heavy atom. The van der Waals surface area contributed by atoms with Gasteiger partial charge in [-0.25, -0.2) is 4.98 Å². The fraction of sp³-hybridized carbons (Fsp3) is 0.440. The number of nitrogens with zero attached hydrogens (tertiary/aromatic N) is 2. The number of rotatable bonds is 10. The fourth-order valence-corrected chi connectivity index (χ4v) is 4.60. The number of benzene rings is 2. The molecule has 0 spiro atoms. The molecule has 0 saturated carbocycles. The van der Waals surface area contributed by atoms with Crippen molar-refractivity contribution in [2.45, 2.75) is 33.2 Å². The highest BCUT2D eigenvalue weighted by molar-refractivity contribution is 7.22. The van der Waals surface area contributed by atoms with Crippen molar-refractivity contribution < 1.29 is 19.0 Å². The molecular formula is C25H31N3O4S. The van der Waals surface area contributed by atoms with Crippen LogP contribution in [-0.4, -0.2) is 55.3 Å². The predicted octanol–water partition coefficient (Wildman–Crippen LogP) is 4.96. The van der Waals surface area contributed by atoms with Gasteiger partial charge >= 0.3 is 0 Å². The summed E-state index contributed by atoms with van der Waals surface area (Å²) in [5, 5.41) is 3.52. The number of carbonyl (C=O) groups excluding carboxylic acids is 1. The van der Waals surface area contributed by atoms with Crippen molar-refractivity contribution >= 4 is 32.6 Å². The number of aromatic nitrogens is 1. The van der Waals surface area contributed by atoms with Gasteiger partial charge in [-0.2, -0.15) is 0 Å². The van der Waals surface area contributed by atoms with Gasteiger partial charge in [0.05, 0.1) is 36.6 Å². The minimum absolute atomic E-state index is 0.219. The Balaban J connectivity index is 1.44. The van der Waals surface area contributed by atoms with Crippen LogP contribution in [0.25, 0.3) is 10.2 Å². The van der Waals surface area contributed by atoms with Crippen LogP contribution >= 0.6 is 11.3 Å². The van der Waals surface area contributed by atoms with Crippen LogP contribution in [0.15, 0.2) is 36.4 Å². The number of thiazole rings is 1. The Labute approximate surface area is 198 Å². The van der Waals surface area contributed by atoms with E-state index in [0.717, 1.165) is 55.9 Å². The van der Waals surface area contributed by atoms with Crippen molar-refractivity contribution in [1.82, 2.24) is 9.88 Å². The van der Waals surface area contributed by atoms with Crippen molar-refractivity contribution in [3.8, 4) is 11.5 Å². The molecular weight excluding hydrogens is 438 g/mol. The van der Waals surface area contributed by atoms with Gasteiger partial charge in [0, 0.05) is 25.2 Å². The van der Waals surface area contributed by atoms with E-state index in [9.17, 15) is 4.79 Å². The molecule has 0 bridgehead atoms. The monoisotopic (exact) mass is 469 g/mol. The van der Waals surface area contributed by atoms with E-state index >= 15 is 0 Å². The van der Waals surface area contributed by atoms with E-state index in [1.54, 1.807) is 18.2 Å². The Bertz CT molecular complexity index is 1080. The zero-order valence-corrected chi connectivity index (χ0v) is 20.1. The minimum atomic E-state index is -0.219. The van der Waals surface area contributed by atoms with Gasteiger partial charge in [0.25, 0.3) is 5.91 Å². The lowest BCUT2D eigenvalue weighted by atomic mass is 10.2.